The van der Waals surface area contributed by atoms with Gasteiger partial charge in [-0.3, -0.25) is 19.1 Å². The van der Waals surface area contributed by atoms with Crippen molar-refractivity contribution in [1.82, 2.24) is 9.47 Å². The molecule has 1 aromatic carbocycles. The van der Waals surface area contributed by atoms with Gasteiger partial charge in [0.25, 0.3) is 0 Å². The number of carbonyl (C=O) groups excluding carboxylic acids is 2. The molecule has 0 radical (unpaired) electrons. The summed E-state index contributed by atoms with van der Waals surface area (Å²) in [4.78, 5) is 26.0. The zero-order chi connectivity index (χ0) is 17.6. The average molecular weight is 340 g/mol. The average Bonchev–Trinajstić information content (AvgIpc) is 2.96. The van der Waals surface area contributed by atoms with E-state index in [1.165, 1.54) is 6.92 Å². The molecule has 0 saturated carbocycles. The number of hydrogen-bond acceptors (Lipinski definition) is 4. The lowest BCUT2D eigenvalue weighted by Gasteiger charge is -2.50. The quantitative estimate of drug-likeness (QED) is 0.806. The predicted molar refractivity (Wildman–Crippen MR) is 95.6 cm³/mol. The van der Waals surface area contributed by atoms with E-state index in [1.54, 1.807) is 11.5 Å². The normalized spacial score (nSPS) is 28.2. The monoisotopic (exact) mass is 340 g/mol. The van der Waals surface area contributed by atoms with Gasteiger partial charge in [-0.1, -0.05) is 18.2 Å². The maximum absolute atomic E-state index is 12.0. The molecule has 3 aliphatic rings. The maximum Gasteiger partial charge on any atom is 0.302 e. The van der Waals surface area contributed by atoms with Gasteiger partial charge in [-0.05, 0) is 49.9 Å². The minimum absolute atomic E-state index is 0.0180. The molecule has 5 rings (SSSR count). The van der Waals surface area contributed by atoms with Crippen LogP contribution in [0.5, 0.6) is 0 Å². The van der Waals surface area contributed by atoms with E-state index in [4.69, 9.17) is 4.74 Å². The summed E-state index contributed by atoms with van der Waals surface area (Å²) in [6, 6.07) is 8.22. The number of aromatic nitrogens is 1. The van der Waals surface area contributed by atoms with Crippen LogP contribution in [0.4, 0.5) is 0 Å². The molecule has 2 atom stereocenters. The van der Waals surface area contributed by atoms with Crippen molar-refractivity contribution in [3.8, 4) is 0 Å². The first-order chi connectivity index (χ1) is 12.0. The van der Waals surface area contributed by atoms with Crippen molar-refractivity contribution in [3.63, 3.8) is 0 Å². The number of nitrogens with zero attached hydrogens (tertiary/aromatic N) is 2. The van der Waals surface area contributed by atoms with Crippen LogP contribution in [0.25, 0.3) is 10.9 Å². The largest absolute Gasteiger partial charge is 0.461 e. The van der Waals surface area contributed by atoms with E-state index in [0.717, 1.165) is 48.8 Å². The zero-order valence-electron chi connectivity index (χ0n) is 14.8. The molecule has 0 spiro atoms. The van der Waals surface area contributed by atoms with Crippen molar-refractivity contribution in [2.75, 3.05) is 13.1 Å². The highest BCUT2D eigenvalue weighted by atomic mass is 16.5. The summed E-state index contributed by atoms with van der Waals surface area (Å²) in [6.45, 7) is 5.22. The van der Waals surface area contributed by atoms with E-state index in [-0.39, 0.29) is 24.0 Å². The Hall–Kier alpha value is -2.14. The van der Waals surface area contributed by atoms with Crippen LogP contribution in [0.2, 0.25) is 0 Å². The summed E-state index contributed by atoms with van der Waals surface area (Å²) < 4.78 is 7.45. The highest BCUT2D eigenvalue weighted by molar-refractivity contribution is 5.93. The van der Waals surface area contributed by atoms with Crippen LogP contribution in [-0.4, -0.2) is 46.6 Å². The number of carbonyl (C=O) groups is 2. The van der Waals surface area contributed by atoms with Crippen molar-refractivity contribution in [3.05, 3.63) is 36.0 Å². The van der Waals surface area contributed by atoms with Gasteiger partial charge in [-0.2, -0.15) is 0 Å². The van der Waals surface area contributed by atoms with E-state index in [0.29, 0.717) is 5.92 Å². The molecular weight excluding hydrogens is 316 g/mol. The lowest BCUT2D eigenvalue weighted by atomic mass is 9.78. The van der Waals surface area contributed by atoms with Gasteiger partial charge in [-0.25, -0.2) is 0 Å². The van der Waals surface area contributed by atoms with Gasteiger partial charge in [0.15, 0.2) is 0 Å². The highest BCUT2D eigenvalue weighted by Crippen LogP contribution is 2.37. The molecule has 3 aliphatic heterocycles. The fourth-order valence-corrected chi connectivity index (χ4v) is 4.61. The van der Waals surface area contributed by atoms with Gasteiger partial charge in [0.1, 0.15) is 6.10 Å². The Kier molecular flexibility index (Phi) is 4.12. The molecule has 2 aromatic rings. The third-order valence-electron chi connectivity index (χ3n) is 5.75. The van der Waals surface area contributed by atoms with Crippen molar-refractivity contribution in [1.29, 1.82) is 0 Å². The second-order valence-electron chi connectivity index (χ2n) is 7.28. The Morgan fingerprint density at radius 3 is 2.56 bits per heavy atom. The van der Waals surface area contributed by atoms with Crippen molar-refractivity contribution in [2.45, 2.75) is 45.3 Å². The number of fused-ring (bicyclic) bond motifs is 4. The predicted octanol–water partition coefficient (Wildman–Crippen LogP) is 2.87. The standard InChI is InChI=1S/C20H24N2O3/c1-13(23)22-12-16(17-5-3-4-6-18(17)22)11-19-20(25-14(2)24)15-7-9-21(19)10-8-15/h3-6,12,15,19-20H,7-11H2,1-2H3/t19-,20-/m0/s1. The lowest BCUT2D eigenvalue weighted by molar-refractivity contribution is -0.163. The molecule has 132 valence electrons. The third kappa shape index (κ3) is 2.86. The molecule has 4 heterocycles. The summed E-state index contributed by atoms with van der Waals surface area (Å²) in [7, 11) is 0. The fraction of sp³-hybridized carbons (Fsp3) is 0.500. The minimum atomic E-state index is -0.199. The van der Waals surface area contributed by atoms with Crippen LogP contribution in [0.3, 0.4) is 0 Å². The summed E-state index contributed by atoms with van der Waals surface area (Å²) in [5.74, 6) is 0.277. The van der Waals surface area contributed by atoms with E-state index in [2.05, 4.69) is 11.0 Å². The van der Waals surface area contributed by atoms with E-state index in [9.17, 15) is 9.59 Å². The van der Waals surface area contributed by atoms with Gasteiger partial charge in [0.05, 0.1) is 11.6 Å². The first-order valence-electron chi connectivity index (χ1n) is 9.06. The first-order valence-corrected chi connectivity index (χ1v) is 9.06. The van der Waals surface area contributed by atoms with Crippen LogP contribution < -0.4 is 0 Å². The SMILES string of the molecule is CC(=O)O[C@H]1C2CCN(CC2)[C@H]1Cc1cn(C(C)=O)c2ccccc12. The van der Waals surface area contributed by atoms with Gasteiger partial charge in [0.2, 0.25) is 5.91 Å². The fourth-order valence-electron chi connectivity index (χ4n) is 4.61. The molecule has 0 N–H and O–H groups in total. The summed E-state index contributed by atoms with van der Waals surface area (Å²) in [5, 5.41) is 1.11. The van der Waals surface area contributed by atoms with Gasteiger partial charge in [-0.15, -0.1) is 0 Å². The molecule has 5 heteroatoms. The van der Waals surface area contributed by atoms with E-state index in [1.807, 2.05) is 24.4 Å². The Labute approximate surface area is 147 Å². The number of hydrogen-bond donors (Lipinski definition) is 0. The molecule has 2 bridgehead atoms. The number of para-hydroxylation sites is 1. The molecule has 0 aliphatic carbocycles. The third-order valence-corrected chi connectivity index (χ3v) is 5.75. The van der Waals surface area contributed by atoms with Gasteiger partial charge < -0.3 is 4.74 Å². The Morgan fingerprint density at radius 1 is 1.16 bits per heavy atom. The maximum atomic E-state index is 12.0. The van der Waals surface area contributed by atoms with Crippen LogP contribution >= 0.6 is 0 Å². The number of benzene rings is 1. The van der Waals surface area contributed by atoms with Crippen LogP contribution in [0.1, 0.15) is 37.0 Å². The molecule has 1 aromatic heterocycles. The van der Waals surface area contributed by atoms with Gasteiger partial charge >= 0.3 is 5.97 Å². The molecule has 3 fully saturated rings. The number of rotatable bonds is 3. The second kappa shape index (κ2) is 6.30. The second-order valence-corrected chi connectivity index (χ2v) is 7.28. The number of esters is 1. The summed E-state index contributed by atoms with van der Waals surface area (Å²) in [6.07, 6.45) is 4.92. The molecule has 5 nitrogen and oxygen atoms in total. The minimum Gasteiger partial charge on any atom is -0.461 e. The summed E-state index contributed by atoms with van der Waals surface area (Å²) >= 11 is 0. The zero-order valence-corrected chi connectivity index (χ0v) is 14.8. The van der Waals surface area contributed by atoms with Crippen molar-refractivity contribution >= 4 is 22.8 Å². The van der Waals surface area contributed by atoms with Crippen molar-refractivity contribution in [2.24, 2.45) is 5.92 Å². The molecule has 0 amide bonds. The highest BCUT2D eigenvalue weighted by Gasteiger charge is 2.44. The Bertz CT molecular complexity index is 817. The smallest absolute Gasteiger partial charge is 0.302 e. The van der Waals surface area contributed by atoms with E-state index >= 15 is 0 Å². The Morgan fingerprint density at radius 2 is 1.88 bits per heavy atom. The molecule has 3 saturated heterocycles. The lowest BCUT2D eigenvalue weighted by Crippen LogP contribution is -2.59. The first kappa shape index (κ1) is 16.3. The molecule has 0 unspecified atom stereocenters. The molecule has 25 heavy (non-hydrogen) atoms. The van der Waals surface area contributed by atoms with Crippen LogP contribution in [0.15, 0.2) is 30.5 Å². The number of ether oxygens (including phenoxy) is 1. The van der Waals surface area contributed by atoms with Crippen LogP contribution in [-0.2, 0) is 16.0 Å². The summed E-state index contributed by atoms with van der Waals surface area (Å²) in [5.41, 5.74) is 2.10. The van der Waals surface area contributed by atoms with Gasteiger partial charge in [0, 0.05) is 25.4 Å². The Balaban J connectivity index is 1.70. The van der Waals surface area contributed by atoms with Crippen LogP contribution in [0, 0.1) is 5.92 Å². The molecular formula is C20H24N2O3. The van der Waals surface area contributed by atoms with Crippen molar-refractivity contribution < 1.29 is 14.3 Å². The topological polar surface area (TPSA) is 51.5 Å². The number of piperidine rings is 3. The van der Waals surface area contributed by atoms with E-state index < -0.39 is 0 Å².